The van der Waals surface area contributed by atoms with Crippen molar-refractivity contribution in [2.24, 2.45) is 5.92 Å². The van der Waals surface area contributed by atoms with Gasteiger partial charge in [-0.25, -0.2) is 4.79 Å². The molecule has 1 fully saturated rings. The van der Waals surface area contributed by atoms with E-state index in [4.69, 9.17) is 25.7 Å². The third-order valence-corrected chi connectivity index (χ3v) is 5.61. The molecule has 0 radical (unpaired) electrons. The fourth-order valence-electron chi connectivity index (χ4n) is 3.71. The van der Waals surface area contributed by atoms with E-state index in [1.165, 1.54) is 6.08 Å². The zero-order valence-electron chi connectivity index (χ0n) is 19.0. The van der Waals surface area contributed by atoms with Gasteiger partial charge in [0.05, 0.1) is 12.0 Å². The summed E-state index contributed by atoms with van der Waals surface area (Å²) in [5.41, 5.74) is 14.1. The second-order valence-electron chi connectivity index (χ2n) is 8.23. The Hall–Kier alpha value is -3.32. The molecule has 7 heteroatoms. The molecular weight excluding hydrogens is 420 g/mol. The molecule has 2 aromatic rings. The summed E-state index contributed by atoms with van der Waals surface area (Å²) in [7, 11) is 0. The lowest BCUT2D eigenvalue weighted by Gasteiger charge is -2.27. The van der Waals surface area contributed by atoms with Gasteiger partial charge >= 0.3 is 11.9 Å². The van der Waals surface area contributed by atoms with Crippen molar-refractivity contribution in [3.8, 4) is 5.75 Å². The summed E-state index contributed by atoms with van der Waals surface area (Å²) in [5, 5.41) is 0. The number of nitrogen functional groups attached to an aromatic ring is 2. The fourth-order valence-corrected chi connectivity index (χ4v) is 3.71. The highest BCUT2D eigenvalue weighted by Crippen LogP contribution is 2.28. The van der Waals surface area contributed by atoms with Crippen LogP contribution >= 0.6 is 0 Å². The number of anilines is 2. The third kappa shape index (κ3) is 7.64. The Bertz CT molecular complexity index is 963. The lowest BCUT2D eigenvalue weighted by molar-refractivity contribution is -0.141. The minimum atomic E-state index is -0.495. The van der Waals surface area contributed by atoms with E-state index in [9.17, 15) is 9.59 Å². The first-order chi connectivity index (χ1) is 15.9. The second kappa shape index (κ2) is 12.1. The summed E-state index contributed by atoms with van der Waals surface area (Å²) in [4.78, 5) is 24.5. The lowest BCUT2D eigenvalue weighted by Crippen LogP contribution is -2.29. The number of carbonyl (C=O) groups excluding carboxylic acids is 2. The number of ether oxygens (including phenoxy) is 3. The summed E-state index contributed by atoms with van der Waals surface area (Å²) >= 11 is 0. The van der Waals surface area contributed by atoms with Gasteiger partial charge < -0.3 is 25.7 Å². The molecule has 0 heterocycles. The van der Waals surface area contributed by atoms with Crippen molar-refractivity contribution in [1.82, 2.24) is 0 Å². The van der Waals surface area contributed by atoms with Gasteiger partial charge in [0.25, 0.3) is 0 Å². The lowest BCUT2D eigenvalue weighted by atomic mass is 9.87. The van der Waals surface area contributed by atoms with Crippen LogP contribution in [0.3, 0.4) is 0 Å². The van der Waals surface area contributed by atoms with Crippen LogP contribution in [0, 0.1) is 5.92 Å². The topological polar surface area (TPSA) is 114 Å². The maximum Gasteiger partial charge on any atom is 0.331 e. The number of carbonyl (C=O) groups is 2. The van der Waals surface area contributed by atoms with Crippen molar-refractivity contribution < 1.29 is 23.8 Å². The van der Waals surface area contributed by atoms with Crippen LogP contribution in [-0.2, 0) is 25.7 Å². The van der Waals surface area contributed by atoms with Crippen molar-refractivity contribution in [1.29, 1.82) is 0 Å². The van der Waals surface area contributed by atoms with Gasteiger partial charge in [-0.1, -0.05) is 19.1 Å². The molecule has 33 heavy (non-hydrogen) atoms. The molecule has 0 bridgehead atoms. The summed E-state index contributed by atoms with van der Waals surface area (Å²) in [6.07, 6.45) is 7.60. The highest BCUT2D eigenvalue weighted by atomic mass is 16.5. The van der Waals surface area contributed by atoms with Gasteiger partial charge in [-0.3, -0.25) is 4.79 Å². The molecule has 3 rings (SSSR count). The summed E-state index contributed by atoms with van der Waals surface area (Å²) in [6, 6.07) is 12.0. The van der Waals surface area contributed by atoms with Crippen LogP contribution < -0.4 is 16.2 Å². The van der Waals surface area contributed by atoms with E-state index in [1.54, 1.807) is 48.5 Å². The number of hydrogen-bond donors (Lipinski definition) is 2. The van der Waals surface area contributed by atoms with Gasteiger partial charge in [0.15, 0.2) is 0 Å². The number of nitrogens with two attached hydrogens (primary N) is 2. The Morgan fingerprint density at radius 1 is 1.03 bits per heavy atom. The summed E-state index contributed by atoms with van der Waals surface area (Å²) < 4.78 is 16.5. The first kappa shape index (κ1) is 24.3. The Morgan fingerprint density at radius 3 is 2.45 bits per heavy atom. The van der Waals surface area contributed by atoms with E-state index in [0.717, 1.165) is 44.3 Å². The van der Waals surface area contributed by atoms with Gasteiger partial charge in [0.1, 0.15) is 12.4 Å². The van der Waals surface area contributed by atoms with Crippen LogP contribution in [0.15, 0.2) is 48.5 Å². The van der Waals surface area contributed by atoms with Gasteiger partial charge in [0, 0.05) is 29.6 Å². The normalized spacial score (nSPS) is 18.2. The fraction of sp³-hybridized carbons (Fsp3) is 0.385. The molecule has 0 aromatic heterocycles. The van der Waals surface area contributed by atoms with Crippen molar-refractivity contribution in [3.05, 3.63) is 59.7 Å². The van der Waals surface area contributed by atoms with Gasteiger partial charge in [-0.2, -0.15) is 0 Å². The molecule has 0 aliphatic heterocycles. The van der Waals surface area contributed by atoms with Crippen LogP contribution in [0.2, 0.25) is 0 Å². The van der Waals surface area contributed by atoms with Crippen LogP contribution in [0.4, 0.5) is 11.4 Å². The molecule has 4 N–H and O–H groups in total. The van der Waals surface area contributed by atoms with Crippen molar-refractivity contribution in [2.45, 2.75) is 51.7 Å². The molecule has 176 valence electrons. The van der Waals surface area contributed by atoms with Gasteiger partial charge in [-0.05, 0) is 74.1 Å². The van der Waals surface area contributed by atoms with Crippen LogP contribution in [0.1, 0.15) is 50.2 Å². The smallest absolute Gasteiger partial charge is 0.331 e. The third-order valence-electron chi connectivity index (χ3n) is 5.61. The number of hydrogen-bond acceptors (Lipinski definition) is 7. The summed E-state index contributed by atoms with van der Waals surface area (Å²) in [5.74, 6) is -0.293. The Balaban J connectivity index is 1.44. The molecule has 0 spiro atoms. The predicted molar refractivity (Wildman–Crippen MR) is 128 cm³/mol. The Kier molecular flexibility index (Phi) is 8.89. The predicted octanol–water partition coefficient (Wildman–Crippen LogP) is 4.50. The zero-order chi connectivity index (χ0) is 23.6. The molecule has 2 aromatic carbocycles. The first-order valence-electron chi connectivity index (χ1n) is 11.4. The quantitative estimate of drug-likeness (QED) is 0.249. The average molecular weight is 453 g/mol. The average Bonchev–Trinajstić information content (AvgIpc) is 2.83. The molecule has 1 saturated carbocycles. The largest absolute Gasteiger partial charge is 0.458 e. The van der Waals surface area contributed by atoms with E-state index in [2.05, 4.69) is 6.92 Å². The maximum atomic E-state index is 12.5. The van der Waals surface area contributed by atoms with Crippen molar-refractivity contribution in [2.75, 3.05) is 18.1 Å². The highest BCUT2D eigenvalue weighted by molar-refractivity contribution is 5.87. The maximum absolute atomic E-state index is 12.5. The SMILES string of the molecule is CCCOC1CCC(C(=O)Oc2ccc(/C=C/C(=O)OCc3cc(N)ccc3N)cc2)CC1. The summed E-state index contributed by atoms with van der Waals surface area (Å²) in [6.45, 7) is 2.91. The number of esters is 2. The molecule has 7 nitrogen and oxygen atoms in total. The minimum absolute atomic E-state index is 0.0432. The van der Waals surface area contributed by atoms with Crippen LogP contribution in [0.25, 0.3) is 6.08 Å². The van der Waals surface area contributed by atoms with Gasteiger partial charge in [0.2, 0.25) is 0 Å². The van der Waals surface area contributed by atoms with E-state index in [-0.39, 0.29) is 24.6 Å². The minimum Gasteiger partial charge on any atom is -0.458 e. The standard InChI is InChI=1S/C26H32N2O5/c1-2-15-31-22-11-6-19(7-12-22)26(30)33-23-9-3-18(4-10-23)5-14-25(29)32-17-20-16-21(27)8-13-24(20)28/h3-5,8-10,13-14,16,19,22H,2,6-7,11-12,15,17,27-28H2,1H3/b14-5+. The highest BCUT2D eigenvalue weighted by Gasteiger charge is 2.28. The van der Waals surface area contributed by atoms with Crippen molar-refractivity contribution in [3.63, 3.8) is 0 Å². The molecule has 1 aliphatic carbocycles. The Labute approximate surface area is 194 Å². The Morgan fingerprint density at radius 2 is 1.76 bits per heavy atom. The van der Waals surface area contributed by atoms with E-state index >= 15 is 0 Å². The molecule has 1 aliphatic rings. The molecule has 0 unspecified atom stereocenters. The zero-order valence-corrected chi connectivity index (χ0v) is 19.0. The second-order valence-corrected chi connectivity index (χ2v) is 8.23. The molecular formula is C26H32N2O5. The first-order valence-corrected chi connectivity index (χ1v) is 11.4. The molecule has 0 amide bonds. The monoisotopic (exact) mass is 452 g/mol. The molecule has 0 saturated heterocycles. The van der Waals surface area contributed by atoms with Gasteiger partial charge in [-0.15, -0.1) is 0 Å². The molecule has 0 atom stereocenters. The van der Waals surface area contributed by atoms with Crippen LogP contribution in [0.5, 0.6) is 5.75 Å². The van der Waals surface area contributed by atoms with E-state index < -0.39 is 5.97 Å². The number of benzene rings is 2. The number of rotatable bonds is 9. The van der Waals surface area contributed by atoms with Crippen LogP contribution in [-0.4, -0.2) is 24.6 Å². The van der Waals surface area contributed by atoms with E-state index in [0.29, 0.717) is 22.7 Å². The van der Waals surface area contributed by atoms with Crippen molar-refractivity contribution >= 4 is 29.4 Å². The van der Waals surface area contributed by atoms with E-state index in [1.807, 2.05) is 0 Å².